The maximum absolute atomic E-state index is 12.8. The number of thiophene rings is 1. The highest BCUT2D eigenvalue weighted by molar-refractivity contribution is 7.98. The molecule has 1 atom stereocenters. The van der Waals surface area contributed by atoms with Crippen LogP contribution in [0.3, 0.4) is 0 Å². The first-order chi connectivity index (χ1) is 9.79. The molecule has 20 heavy (non-hydrogen) atoms. The molecule has 2 nitrogen and oxygen atoms in total. The van der Waals surface area contributed by atoms with Crippen LogP contribution in [0.2, 0.25) is 0 Å². The molecular weight excluding hydrogens is 310 g/mol. The van der Waals surface area contributed by atoms with Crippen molar-refractivity contribution in [1.82, 2.24) is 4.90 Å². The SMILES string of the molecule is O=C(c1cc2c(s1)CCSC2)N1CCCCCC1CCl. The van der Waals surface area contributed by atoms with E-state index < -0.39 is 0 Å². The Bertz CT molecular complexity index is 465. The van der Waals surface area contributed by atoms with Gasteiger partial charge in [0.15, 0.2) is 0 Å². The molecule has 3 heterocycles. The number of aryl methyl sites for hydroxylation is 1. The molecule has 5 heteroatoms. The van der Waals surface area contributed by atoms with Crippen LogP contribution in [0.4, 0.5) is 0 Å². The molecule has 0 bridgehead atoms. The Kier molecular flexibility index (Phi) is 4.95. The van der Waals surface area contributed by atoms with E-state index in [2.05, 4.69) is 6.07 Å². The van der Waals surface area contributed by atoms with Crippen molar-refractivity contribution in [2.24, 2.45) is 0 Å². The molecule has 2 aliphatic heterocycles. The van der Waals surface area contributed by atoms with Gasteiger partial charge in [-0.2, -0.15) is 11.8 Å². The lowest BCUT2D eigenvalue weighted by Gasteiger charge is -2.28. The Morgan fingerprint density at radius 2 is 2.30 bits per heavy atom. The number of fused-ring (bicyclic) bond motifs is 1. The van der Waals surface area contributed by atoms with E-state index in [9.17, 15) is 4.79 Å². The maximum Gasteiger partial charge on any atom is 0.264 e. The van der Waals surface area contributed by atoms with E-state index in [1.54, 1.807) is 11.3 Å². The molecule has 2 aliphatic rings. The lowest BCUT2D eigenvalue weighted by Crippen LogP contribution is -2.40. The quantitative estimate of drug-likeness (QED) is 0.759. The molecule has 110 valence electrons. The Labute approximate surface area is 133 Å². The summed E-state index contributed by atoms with van der Waals surface area (Å²) in [4.78, 5) is 17.2. The highest BCUT2D eigenvalue weighted by Crippen LogP contribution is 2.33. The van der Waals surface area contributed by atoms with Crippen molar-refractivity contribution in [3.8, 4) is 0 Å². The number of likely N-dealkylation sites (tertiary alicyclic amines) is 1. The number of hydrogen-bond acceptors (Lipinski definition) is 3. The zero-order valence-electron chi connectivity index (χ0n) is 11.6. The largest absolute Gasteiger partial charge is 0.334 e. The summed E-state index contributed by atoms with van der Waals surface area (Å²) in [5, 5.41) is 0. The molecule has 1 aromatic rings. The first kappa shape index (κ1) is 14.7. The molecule has 1 amide bonds. The summed E-state index contributed by atoms with van der Waals surface area (Å²) in [7, 11) is 0. The van der Waals surface area contributed by atoms with Crippen LogP contribution < -0.4 is 0 Å². The average Bonchev–Trinajstić information content (AvgIpc) is 2.77. The van der Waals surface area contributed by atoms with Crippen LogP contribution in [0.25, 0.3) is 0 Å². The normalized spacial score (nSPS) is 23.2. The van der Waals surface area contributed by atoms with Gasteiger partial charge in [-0.05, 0) is 36.6 Å². The van der Waals surface area contributed by atoms with Gasteiger partial charge < -0.3 is 4.90 Å². The zero-order valence-corrected chi connectivity index (χ0v) is 14.0. The van der Waals surface area contributed by atoms with Crippen molar-refractivity contribution in [2.45, 2.75) is 43.9 Å². The van der Waals surface area contributed by atoms with Gasteiger partial charge in [0.2, 0.25) is 0 Å². The van der Waals surface area contributed by atoms with Gasteiger partial charge in [-0.25, -0.2) is 0 Å². The number of amides is 1. The summed E-state index contributed by atoms with van der Waals surface area (Å²) >= 11 is 9.76. The van der Waals surface area contributed by atoms with E-state index in [-0.39, 0.29) is 11.9 Å². The van der Waals surface area contributed by atoms with E-state index in [0.717, 1.165) is 36.4 Å². The summed E-state index contributed by atoms with van der Waals surface area (Å²) in [6.07, 6.45) is 5.70. The maximum atomic E-state index is 12.8. The third-order valence-corrected chi connectivity index (χ3v) is 6.74. The minimum atomic E-state index is 0.210. The number of carbonyl (C=O) groups is 1. The molecule has 0 aliphatic carbocycles. The highest BCUT2D eigenvalue weighted by atomic mass is 35.5. The number of rotatable bonds is 2. The second-order valence-electron chi connectivity index (χ2n) is 5.52. The number of thioether (sulfide) groups is 1. The molecule has 1 aromatic heterocycles. The second-order valence-corrected chi connectivity index (χ2v) is 8.07. The van der Waals surface area contributed by atoms with E-state index >= 15 is 0 Å². The van der Waals surface area contributed by atoms with Crippen molar-refractivity contribution in [3.05, 3.63) is 21.4 Å². The third-order valence-electron chi connectivity index (χ3n) is 4.15. The van der Waals surface area contributed by atoms with Gasteiger partial charge in [-0.15, -0.1) is 22.9 Å². The summed E-state index contributed by atoms with van der Waals surface area (Å²) in [6.45, 7) is 0.869. The van der Waals surface area contributed by atoms with Crippen molar-refractivity contribution in [1.29, 1.82) is 0 Å². The summed E-state index contributed by atoms with van der Waals surface area (Å²) in [6, 6.07) is 2.35. The fraction of sp³-hybridized carbons (Fsp3) is 0.667. The molecule has 1 unspecified atom stereocenters. The molecule has 0 spiro atoms. The fourth-order valence-corrected chi connectivity index (χ4v) is 5.65. The topological polar surface area (TPSA) is 20.3 Å². The lowest BCUT2D eigenvalue weighted by molar-refractivity contribution is 0.0705. The van der Waals surface area contributed by atoms with E-state index in [4.69, 9.17) is 11.6 Å². The predicted molar refractivity (Wildman–Crippen MR) is 88.2 cm³/mol. The summed E-state index contributed by atoms with van der Waals surface area (Å²) in [5.41, 5.74) is 1.38. The Balaban J connectivity index is 1.81. The third kappa shape index (κ3) is 3.02. The molecule has 0 N–H and O–H groups in total. The molecule has 3 rings (SSSR count). The van der Waals surface area contributed by atoms with Crippen LogP contribution in [0.1, 0.15) is 45.8 Å². The van der Waals surface area contributed by atoms with Crippen LogP contribution in [0.15, 0.2) is 6.07 Å². The minimum absolute atomic E-state index is 0.210. The fourth-order valence-electron chi connectivity index (χ4n) is 3.00. The monoisotopic (exact) mass is 329 g/mol. The second kappa shape index (κ2) is 6.71. The smallest absolute Gasteiger partial charge is 0.264 e. The van der Waals surface area contributed by atoms with Gasteiger partial charge in [-0.3, -0.25) is 4.79 Å². The van der Waals surface area contributed by atoms with Crippen LogP contribution >= 0.6 is 34.7 Å². The number of nitrogens with zero attached hydrogens (tertiary/aromatic N) is 1. The van der Waals surface area contributed by atoms with Crippen molar-refractivity contribution >= 4 is 40.6 Å². The van der Waals surface area contributed by atoms with Crippen LogP contribution in [-0.4, -0.2) is 35.0 Å². The van der Waals surface area contributed by atoms with Crippen LogP contribution in [0, 0.1) is 0 Å². The van der Waals surface area contributed by atoms with Gasteiger partial charge in [0.05, 0.1) is 4.88 Å². The lowest BCUT2D eigenvalue weighted by atomic mass is 10.1. The number of halogens is 1. The standard InChI is InChI=1S/C15H20ClNOS2/c16-9-12-4-2-1-3-6-17(12)15(18)14-8-11-10-19-7-5-13(11)20-14/h8,12H,1-7,9-10H2. The van der Waals surface area contributed by atoms with Gasteiger partial charge in [0, 0.05) is 29.1 Å². The Hall–Kier alpha value is -0.190. The molecule has 0 aromatic carbocycles. The summed E-state index contributed by atoms with van der Waals surface area (Å²) < 4.78 is 0. The number of alkyl halides is 1. The Morgan fingerprint density at radius 1 is 1.40 bits per heavy atom. The van der Waals surface area contributed by atoms with Gasteiger partial charge in [0.25, 0.3) is 5.91 Å². The first-order valence-electron chi connectivity index (χ1n) is 7.36. The highest BCUT2D eigenvalue weighted by Gasteiger charge is 2.27. The zero-order chi connectivity index (χ0) is 13.9. The molecule has 0 radical (unpaired) electrons. The first-order valence-corrected chi connectivity index (χ1v) is 9.86. The minimum Gasteiger partial charge on any atom is -0.334 e. The molecule has 0 saturated carbocycles. The van der Waals surface area contributed by atoms with Gasteiger partial charge >= 0.3 is 0 Å². The van der Waals surface area contributed by atoms with E-state index in [0.29, 0.717) is 5.88 Å². The molecule has 1 fully saturated rings. The number of hydrogen-bond donors (Lipinski definition) is 0. The molecular formula is C15H20ClNOS2. The van der Waals surface area contributed by atoms with Crippen molar-refractivity contribution < 1.29 is 4.79 Å². The Morgan fingerprint density at radius 3 is 3.10 bits per heavy atom. The van der Waals surface area contributed by atoms with E-state index in [1.807, 2.05) is 16.7 Å². The predicted octanol–water partition coefficient (Wildman–Crippen LogP) is 4.16. The molecule has 1 saturated heterocycles. The average molecular weight is 330 g/mol. The van der Waals surface area contributed by atoms with Crippen LogP contribution in [-0.2, 0) is 12.2 Å². The van der Waals surface area contributed by atoms with Gasteiger partial charge in [-0.1, -0.05) is 12.8 Å². The van der Waals surface area contributed by atoms with Crippen molar-refractivity contribution in [2.75, 3.05) is 18.2 Å². The van der Waals surface area contributed by atoms with Gasteiger partial charge in [0.1, 0.15) is 0 Å². The number of carbonyl (C=O) groups excluding carboxylic acids is 1. The van der Waals surface area contributed by atoms with E-state index in [1.165, 1.54) is 29.0 Å². The summed E-state index contributed by atoms with van der Waals surface area (Å²) in [5.74, 6) is 3.03. The van der Waals surface area contributed by atoms with Crippen molar-refractivity contribution in [3.63, 3.8) is 0 Å². The van der Waals surface area contributed by atoms with Crippen LogP contribution in [0.5, 0.6) is 0 Å².